The van der Waals surface area contributed by atoms with Crippen molar-refractivity contribution in [3.8, 4) is 0 Å². The van der Waals surface area contributed by atoms with Crippen LogP contribution in [0.3, 0.4) is 0 Å². The molecule has 0 bridgehead atoms. The largest absolute Gasteiger partial charge is 0.340 e. The lowest BCUT2D eigenvalue weighted by molar-refractivity contribution is -0.114. The summed E-state index contributed by atoms with van der Waals surface area (Å²) >= 11 is 0. The molecule has 28 heavy (non-hydrogen) atoms. The summed E-state index contributed by atoms with van der Waals surface area (Å²) in [7, 11) is 0. The van der Waals surface area contributed by atoms with Gasteiger partial charge in [0, 0.05) is 35.7 Å². The van der Waals surface area contributed by atoms with Crippen molar-refractivity contribution in [3.05, 3.63) is 77.5 Å². The van der Waals surface area contributed by atoms with Gasteiger partial charge in [-0.2, -0.15) is 0 Å². The average Bonchev–Trinajstić information content (AvgIpc) is 2.66. The van der Waals surface area contributed by atoms with Crippen LogP contribution in [0.4, 0.5) is 22.9 Å². The lowest BCUT2D eigenvalue weighted by Gasteiger charge is -2.10. The molecule has 2 aromatic carbocycles. The molecule has 3 rings (SSSR count). The number of hydrogen-bond acceptors (Lipinski definition) is 4. The first-order chi connectivity index (χ1) is 13.4. The van der Waals surface area contributed by atoms with Gasteiger partial charge >= 0.3 is 0 Å². The lowest BCUT2D eigenvalue weighted by atomic mass is 10.1. The summed E-state index contributed by atoms with van der Waals surface area (Å²) in [6, 6.07) is 16.4. The molecule has 0 saturated heterocycles. The number of amides is 2. The Hall–Kier alpha value is -3.67. The zero-order valence-electron chi connectivity index (χ0n) is 16.0. The molecule has 0 aliphatic rings. The summed E-state index contributed by atoms with van der Waals surface area (Å²) < 4.78 is 0. The molecule has 6 heteroatoms. The van der Waals surface area contributed by atoms with Crippen molar-refractivity contribution < 1.29 is 9.59 Å². The molecule has 0 aliphatic heterocycles. The van der Waals surface area contributed by atoms with Crippen molar-refractivity contribution >= 4 is 34.7 Å². The molecule has 3 aromatic rings. The molecule has 6 nitrogen and oxygen atoms in total. The number of pyridine rings is 1. The maximum absolute atomic E-state index is 12.5. The predicted molar refractivity (Wildman–Crippen MR) is 112 cm³/mol. The van der Waals surface area contributed by atoms with Crippen LogP contribution >= 0.6 is 0 Å². The van der Waals surface area contributed by atoms with Gasteiger partial charge in [0.25, 0.3) is 5.91 Å². The SMILES string of the molecule is CC(=O)Nc1ccc(NC(=O)c2ccnc(Nc3ccc(C)c(C)c3)c2)cc1. The van der Waals surface area contributed by atoms with Crippen molar-refractivity contribution in [2.24, 2.45) is 0 Å². The first-order valence-electron chi connectivity index (χ1n) is 8.90. The van der Waals surface area contributed by atoms with Gasteiger partial charge < -0.3 is 16.0 Å². The molecule has 1 aromatic heterocycles. The Morgan fingerprint density at radius 1 is 0.786 bits per heavy atom. The van der Waals surface area contributed by atoms with Crippen LogP contribution in [0.1, 0.15) is 28.4 Å². The molecule has 0 unspecified atom stereocenters. The van der Waals surface area contributed by atoms with Crippen molar-refractivity contribution in [3.63, 3.8) is 0 Å². The van der Waals surface area contributed by atoms with Gasteiger partial charge in [-0.25, -0.2) is 4.98 Å². The number of aryl methyl sites for hydroxylation is 2. The van der Waals surface area contributed by atoms with Gasteiger partial charge in [0.05, 0.1) is 0 Å². The summed E-state index contributed by atoms with van der Waals surface area (Å²) in [4.78, 5) is 27.9. The maximum Gasteiger partial charge on any atom is 0.255 e. The predicted octanol–water partition coefficient (Wildman–Crippen LogP) is 4.65. The number of anilines is 4. The Balaban J connectivity index is 1.69. The fraction of sp³-hybridized carbons (Fsp3) is 0.136. The smallest absolute Gasteiger partial charge is 0.255 e. The van der Waals surface area contributed by atoms with E-state index < -0.39 is 0 Å². The molecule has 0 radical (unpaired) electrons. The van der Waals surface area contributed by atoms with E-state index >= 15 is 0 Å². The van der Waals surface area contributed by atoms with Gasteiger partial charge in [-0.05, 0) is 73.5 Å². The molecule has 142 valence electrons. The number of nitrogens with one attached hydrogen (secondary N) is 3. The van der Waals surface area contributed by atoms with Gasteiger partial charge in [-0.1, -0.05) is 6.07 Å². The zero-order valence-corrected chi connectivity index (χ0v) is 16.0. The molecular formula is C22H22N4O2. The summed E-state index contributed by atoms with van der Waals surface area (Å²) in [5, 5.41) is 8.75. The van der Waals surface area contributed by atoms with E-state index in [1.54, 1.807) is 42.6 Å². The van der Waals surface area contributed by atoms with Crippen molar-refractivity contribution in [1.82, 2.24) is 4.98 Å². The number of carbonyl (C=O) groups is 2. The summed E-state index contributed by atoms with van der Waals surface area (Å²) in [6.45, 7) is 5.56. The quantitative estimate of drug-likeness (QED) is 0.607. The van der Waals surface area contributed by atoms with Gasteiger partial charge in [-0.15, -0.1) is 0 Å². The van der Waals surface area contributed by atoms with Gasteiger partial charge in [0.15, 0.2) is 0 Å². The molecule has 0 saturated carbocycles. The topological polar surface area (TPSA) is 83.1 Å². The molecule has 0 aliphatic carbocycles. The number of hydrogen-bond donors (Lipinski definition) is 3. The third kappa shape index (κ3) is 4.94. The second-order valence-corrected chi connectivity index (χ2v) is 6.57. The lowest BCUT2D eigenvalue weighted by Crippen LogP contribution is -2.12. The number of nitrogens with zero attached hydrogens (tertiary/aromatic N) is 1. The molecule has 1 heterocycles. The Morgan fingerprint density at radius 2 is 1.43 bits per heavy atom. The summed E-state index contributed by atoms with van der Waals surface area (Å²) in [5.74, 6) is 0.215. The number of aromatic nitrogens is 1. The van der Waals surface area contributed by atoms with E-state index in [1.165, 1.54) is 18.1 Å². The second kappa shape index (κ2) is 8.35. The second-order valence-electron chi connectivity index (χ2n) is 6.57. The minimum absolute atomic E-state index is 0.141. The molecule has 0 spiro atoms. The Labute approximate surface area is 164 Å². The van der Waals surface area contributed by atoms with Crippen molar-refractivity contribution in [2.45, 2.75) is 20.8 Å². The van der Waals surface area contributed by atoms with E-state index in [2.05, 4.69) is 34.8 Å². The molecule has 2 amide bonds. The van der Waals surface area contributed by atoms with Crippen LogP contribution in [-0.2, 0) is 4.79 Å². The Kier molecular flexibility index (Phi) is 5.69. The highest BCUT2D eigenvalue weighted by Crippen LogP contribution is 2.20. The normalized spacial score (nSPS) is 10.2. The zero-order chi connectivity index (χ0) is 20.1. The van der Waals surface area contributed by atoms with Crippen molar-refractivity contribution in [1.29, 1.82) is 0 Å². The van der Waals surface area contributed by atoms with Crippen LogP contribution in [0.25, 0.3) is 0 Å². The molecule has 0 fully saturated rings. The number of carbonyl (C=O) groups excluding carboxylic acids is 2. The molecule has 3 N–H and O–H groups in total. The van der Waals surface area contributed by atoms with Gasteiger partial charge in [0.2, 0.25) is 5.91 Å². The Morgan fingerprint density at radius 3 is 2.07 bits per heavy atom. The van der Waals surface area contributed by atoms with Crippen LogP contribution in [-0.4, -0.2) is 16.8 Å². The maximum atomic E-state index is 12.5. The van der Waals surface area contributed by atoms with Crippen LogP contribution in [0, 0.1) is 13.8 Å². The highest BCUT2D eigenvalue weighted by molar-refractivity contribution is 6.04. The van der Waals surface area contributed by atoms with Crippen LogP contribution in [0.5, 0.6) is 0 Å². The first-order valence-corrected chi connectivity index (χ1v) is 8.90. The number of benzene rings is 2. The van der Waals surface area contributed by atoms with E-state index in [1.807, 2.05) is 18.2 Å². The minimum atomic E-state index is -0.238. The highest BCUT2D eigenvalue weighted by Gasteiger charge is 2.08. The third-order valence-corrected chi connectivity index (χ3v) is 4.26. The third-order valence-electron chi connectivity index (χ3n) is 4.26. The summed E-state index contributed by atoms with van der Waals surface area (Å²) in [5.41, 5.74) is 5.13. The Bertz CT molecular complexity index is 1010. The monoisotopic (exact) mass is 374 g/mol. The van der Waals surface area contributed by atoms with E-state index in [-0.39, 0.29) is 11.8 Å². The van der Waals surface area contributed by atoms with E-state index in [0.717, 1.165) is 5.69 Å². The fourth-order valence-electron chi connectivity index (χ4n) is 2.65. The van der Waals surface area contributed by atoms with E-state index in [9.17, 15) is 9.59 Å². The average molecular weight is 374 g/mol. The van der Waals surface area contributed by atoms with E-state index in [4.69, 9.17) is 0 Å². The van der Waals surface area contributed by atoms with E-state index in [0.29, 0.717) is 22.8 Å². The van der Waals surface area contributed by atoms with Gasteiger partial charge in [0.1, 0.15) is 5.82 Å². The van der Waals surface area contributed by atoms with Crippen LogP contribution < -0.4 is 16.0 Å². The van der Waals surface area contributed by atoms with Gasteiger partial charge in [-0.3, -0.25) is 9.59 Å². The minimum Gasteiger partial charge on any atom is -0.340 e. The standard InChI is InChI=1S/C22H22N4O2/c1-14-4-5-20(12-15(14)2)25-21-13-17(10-11-23-21)22(28)26-19-8-6-18(7-9-19)24-16(3)27/h4-13H,1-3H3,(H,23,25)(H,24,27)(H,26,28). The summed E-state index contributed by atoms with van der Waals surface area (Å²) in [6.07, 6.45) is 1.60. The fourth-order valence-corrected chi connectivity index (χ4v) is 2.65. The highest BCUT2D eigenvalue weighted by atomic mass is 16.2. The van der Waals surface area contributed by atoms with Crippen LogP contribution in [0.2, 0.25) is 0 Å². The van der Waals surface area contributed by atoms with Crippen LogP contribution in [0.15, 0.2) is 60.8 Å². The first kappa shape index (κ1) is 19.1. The molecule has 0 atom stereocenters. The van der Waals surface area contributed by atoms with Crippen molar-refractivity contribution in [2.75, 3.05) is 16.0 Å². The number of rotatable bonds is 5. The molecular weight excluding hydrogens is 352 g/mol.